The molecule has 1 fully saturated rings. The molecule has 15 heavy (non-hydrogen) atoms. The minimum atomic E-state index is 0.207. The molecule has 3 heteroatoms. The minimum Gasteiger partial charge on any atom is -0.508 e. The highest BCUT2D eigenvalue weighted by atomic mass is 16.3. The van der Waals surface area contributed by atoms with Gasteiger partial charge in [0, 0.05) is 12.6 Å². The van der Waals surface area contributed by atoms with Gasteiger partial charge in [0.25, 0.3) is 0 Å². The first-order valence-electron chi connectivity index (χ1n) is 5.50. The number of piperidine rings is 1. The number of phenols is 1. The van der Waals surface area contributed by atoms with Crippen LogP contribution in [-0.2, 0) is 6.42 Å². The van der Waals surface area contributed by atoms with Crippen molar-refractivity contribution < 1.29 is 5.11 Å². The van der Waals surface area contributed by atoms with E-state index in [-0.39, 0.29) is 6.04 Å². The predicted octanol–water partition coefficient (Wildman–Crippen LogP) is 0.871. The van der Waals surface area contributed by atoms with E-state index in [4.69, 9.17) is 5.73 Å². The van der Waals surface area contributed by atoms with Crippen molar-refractivity contribution in [1.82, 2.24) is 5.32 Å². The lowest BCUT2D eigenvalue weighted by molar-refractivity contribution is 0.319. The van der Waals surface area contributed by atoms with E-state index < -0.39 is 0 Å². The molecule has 1 aromatic rings. The SMILES string of the molecule is NC1CNCCC1Cc1ccccc1O. The summed E-state index contributed by atoms with van der Waals surface area (Å²) in [5.74, 6) is 0.878. The Bertz CT molecular complexity index is 327. The lowest BCUT2D eigenvalue weighted by atomic mass is 9.87. The summed E-state index contributed by atoms with van der Waals surface area (Å²) >= 11 is 0. The molecule has 0 radical (unpaired) electrons. The Morgan fingerprint density at radius 1 is 1.40 bits per heavy atom. The monoisotopic (exact) mass is 206 g/mol. The molecule has 1 heterocycles. The third-order valence-corrected chi connectivity index (χ3v) is 3.15. The van der Waals surface area contributed by atoms with Gasteiger partial charge >= 0.3 is 0 Å². The maximum Gasteiger partial charge on any atom is 0.118 e. The van der Waals surface area contributed by atoms with Gasteiger partial charge in [-0.3, -0.25) is 0 Å². The number of nitrogens with one attached hydrogen (secondary N) is 1. The van der Waals surface area contributed by atoms with Gasteiger partial charge in [0.15, 0.2) is 0 Å². The lowest BCUT2D eigenvalue weighted by Gasteiger charge is -2.29. The molecule has 0 amide bonds. The molecule has 1 aromatic carbocycles. The summed E-state index contributed by atoms with van der Waals surface area (Å²) in [4.78, 5) is 0. The van der Waals surface area contributed by atoms with E-state index in [1.54, 1.807) is 6.07 Å². The molecule has 2 rings (SSSR count). The van der Waals surface area contributed by atoms with Crippen LogP contribution >= 0.6 is 0 Å². The van der Waals surface area contributed by atoms with Crippen molar-refractivity contribution in [3.8, 4) is 5.75 Å². The van der Waals surface area contributed by atoms with Gasteiger partial charge in [-0.05, 0) is 36.9 Å². The van der Waals surface area contributed by atoms with Crippen molar-refractivity contribution in [3.05, 3.63) is 29.8 Å². The molecule has 1 saturated heterocycles. The summed E-state index contributed by atoms with van der Waals surface area (Å²) in [5.41, 5.74) is 7.05. The van der Waals surface area contributed by atoms with Crippen molar-refractivity contribution in [2.24, 2.45) is 11.7 Å². The second kappa shape index (κ2) is 4.64. The van der Waals surface area contributed by atoms with E-state index in [0.717, 1.165) is 31.5 Å². The second-order valence-corrected chi connectivity index (χ2v) is 4.25. The number of phenolic OH excluding ortho intramolecular Hbond substituents is 1. The fourth-order valence-electron chi connectivity index (χ4n) is 2.16. The Morgan fingerprint density at radius 2 is 2.20 bits per heavy atom. The molecule has 2 unspecified atom stereocenters. The molecule has 82 valence electrons. The number of hydrogen-bond acceptors (Lipinski definition) is 3. The molecule has 0 spiro atoms. The average molecular weight is 206 g/mol. The van der Waals surface area contributed by atoms with E-state index in [1.165, 1.54) is 0 Å². The molecule has 0 aromatic heterocycles. The van der Waals surface area contributed by atoms with Gasteiger partial charge < -0.3 is 16.2 Å². The van der Waals surface area contributed by atoms with Crippen molar-refractivity contribution in [2.45, 2.75) is 18.9 Å². The Kier molecular flexibility index (Phi) is 3.23. The summed E-state index contributed by atoms with van der Waals surface area (Å²) < 4.78 is 0. The van der Waals surface area contributed by atoms with E-state index in [0.29, 0.717) is 11.7 Å². The highest BCUT2D eigenvalue weighted by molar-refractivity contribution is 5.32. The standard InChI is InChI=1S/C12H18N2O/c13-11-8-14-6-5-9(11)7-10-3-1-2-4-12(10)15/h1-4,9,11,14-15H,5-8,13H2. The Hall–Kier alpha value is -1.06. The van der Waals surface area contributed by atoms with Crippen LogP contribution in [0.3, 0.4) is 0 Å². The van der Waals surface area contributed by atoms with E-state index in [2.05, 4.69) is 5.32 Å². The van der Waals surface area contributed by atoms with E-state index in [9.17, 15) is 5.11 Å². The zero-order valence-corrected chi connectivity index (χ0v) is 8.82. The van der Waals surface area contributed by atoms with Crippen LogP contribution in [0.25, 0.3) is 0 Å². The highest BCUT2D eigenvalue weighted by Gasteiger charge is 2.22. The maximum absolute atomic E-state index is 9.67. The highest BCUT2D eigenvalue weighted by Crippen LogP contribution is 2.23. The zero-order chi connectivity index (χ0) is 10.7. The van der Waals surface area contributed by atoms with Crippen molar-refractivity contribution in [2.75, 3.05) is 13.1 Å². The second-order valence-electron chi connectivity index (χ2n) is 4.25. The third-order valence-electron chi connectivity index (χ3n) is 3.15. The molecule has 4 N–H and O–H groups in total. The van der Waals surface area contributed by atoms with Crippen molar-refractivity contribution >= 4 is 0 Å². The van der Waals surface area contributed by atoms with Gasteiger partial charge in [0.1, 0.15) is 5.75 Å². The molecule has 0 bridgehead atoms. The fourth-order valence-corrected chi connectivity index (χ4v) is 2.16. The minimum absolute atomic E-state index is 0.207. The van der Waals surface area contributed by atoms with E-state index >= 15 is 0 Å². The summed E-state index contributed by atoms with van der Waals surface area (Å²) in [6, 6.07) is 7.73. The molecule has 1 aliphatic heterocycles. The quantitative estimate of drug-likeness (QED) is 0.673. The number of benzene rings is 1. The summed E-state index contributed by atoms with van der Waals surface area (Å²) in [7, 11) is 0. The molecule has 3 nitrogen and oxygen atoms in total. The maximum atomic E-state index is 9.67. The fraction of sp³-hybridized carbons (Fsp3) is 0.500. The average Bonchev–Trinajstić information content (AvgIpc) is 2.24. The van der Waals surface area contributed by atoms with Gasteiger partial charge in [-0.1, -0.05) is 18.2 Å². The van der Waals surface area contributed by atoms with Crippen LogP contribution in [0.15, 0.2) is 24.3 Å². The number of nitrogens with two attached hydrogens (primary N) is 1. The van der Waals surface area contributed by atoms with Gasteiger partial charge in [0.2, 0.25) is 0 Å². The van der Waals surface area contributed by atoms with Crippen LogP contribution < -0.4 is 11.1 Å². The van der Waals surface area contributed by atoms with E-state index in [1.807, 2.05) is 18.2 Å². The molecular formula is C12H18N2O. The van der Waals surface area contributed by atoms with Gasteiger partial charge in [-0.15, -0.1) is 0 Å². The zero-order valence-electron chi connectivity index (χ0n) is 8.82. The molecule has 0 saturated carbocycles. The number of aromatic hydroxyl groups is 1. The van der Waals surface area contributed by atoms with Crippen LogP contribution in [0.2, 0.25) is 0 Å². The van der Waals surface area contributed by atoms with Crippen LogP contribution in [0.1, 0.15) is 12.0 Å². The van der Waals surface area contributed by atoms with Crippen LogP contribution in [0.5, 0.6) is 5.75 Å². The van der Waals surface area contributed by atoms with Crippen LogP contribution in [0.4, 0.5) is 0 Å². The lowest BCUT2D eigenvalue weighted by Crippen LogP contribution is -2.46. The smallest absolute Gasteiger partial charge is 0.118 e. The Labute approximate surface area is 90.3 Å². The summed E-state index contributed by atoms with van der Waals surface area (Å²) in [5, 5.41) is 12.9. The predicted molar refractivity (Wildman–Crippen MR) is 60.8 cm³/mol. The van der Waals surface area contributed by atoms with Gasteiger partial charge in [-0.25, -0.2) is 0 Å². The van der Waals surface area contributed by atoms with Crippen molar-refractivity contribution in [3.63, 3.8) is 0 Å². The first-order chi connectivity index (χ1) is 7.27. The topological polar surface area (TPSA) is 58.3 Å². The van der Waals surface area contributed by atoms with Crippen LogP contribution in [0, 0.1) is 5.92 Å². The third kappa shape index (κ3) is 2.49. The normalized spacial score (nSPS) is 26.5. The largest absolute Gasteiger partial charge is 0.508 e. The summed E-state index contributed by atoms with van der Waals surface area (Å²) in [6.07, 6.45) is 1.98. The summed E-state index contributed by atoms with van der Waals surface area (Å²) in [6.45, 7) is 1.92. The number of rotatable bonds is 2. The molecule has 0 aliphatic carbocycles. The molecular weight excluding hydrogens is 188 g/mol. The number of para-hydroxylation sites is 1. The van der Waals surface area contributed by atoms with Crippen molar-refractivity contribution in [1.29, 1.82) is 0 Å². The van der Waals surface area contributed by atoms with Crippen LogP contribution in [-0.4, -0.2) is 24.2 Å². The first kappa shape index (κ1) is 10.5. The number of hydrogen-bond donors (Lipinski definition) is 3. The Balaban J connectivity index is 2.04. The van der Waals surface area contributed by atoms with Gasteiger partial charge in [0.05, 0.1) is 0 Å². The van der Waals surface area contributed by atoms with Gasteiger partial charge in [-0.2, -0.15) is 0 Å². The molecule has 1 aliphatic rings. The molecule has 2 atom stereocenters. The first-order valence-corrected chi connectivity index (χ1v) is 5.50. The Morgan fingerprint density at radius 3 is 2.93 bits per heavy atom.